The third-order valence-electron chi connectivity index (χ3n) is 7.10. The molecular formula is C49H62N8. The van der Waals surface area contributed by atoms with Gasteiger partial charge in [0.05, 0.1) is 17.1 Å². The molecule has 8 aromatic rings. The zero-order chi connectivity index (χ0) is 42.1. The predicted molar refractivity (Wildman–Crippen MR) is 239 cm³/mol. The van der Waals surface area contributed by atoms with Crippen LogP contribution in [-0.4, -0.2) is 39.0 Å². The van der Waals surface area contributed by atoms with Crippen molar-refractivity contribution in [2.24, 2.45) is 14.1 Å². The molecular weight excluding hydrogens is 701 g/mol. The number of nitrogens with zero attached hydrogens (tertiary/aromatic N) is 8. The number of benzene rings is 2. The van der Waals surface area contributed by atoms with E-state index in [1.165, 1.54) is 27.8 Å². The summed E-state index contributed by atoms with van der Waals surface area (Å²) in [5, 5.41) is 0. The number of hydrogen-bond donors (Lipinski definition) is 0. The predicted octanol–water partition coefficient (Wildman–Crippen LogP) is 11.3. The van der Waals surface area contributed by atoms with Gasteiger partial charge in [-0.25, -0.2) is 0 Å². The molecule has 0 fully saturated rings. The lowest BCUT2D eigenvalue weighted by molar-refractivity contribution is 0.925. The van der Waals surface area contributed by atoms with Crippen LogP contribution >= 0.6 is 0 Å². The third kappa shape index (κ3) is 29.5. The quantitative estimate of drug-likeness (QED) is 0.153. The molecule has 2 aromatic carbocycles. The van der Waals surface area contributed by atoms with Gasteiger partial charge in [0.1, 0.15) is 0 Å². The fraction of sp³-hybridized carbons (Fsp3) is 0.224. The summed E-state index contributed by atoms with van der Waals surface area (Å²) in [6.45, 7) is 18.1. The smallest absolute Gasteiger partial charge is 0.0555 e. The van der Waals surface area contributed by atoms with Crippen LogP contribution in [0.25, 0.3) is 0 Å². The molecule has 8 rings (SSSR count). The van der Waals surface area contributed by atoms with Crippen LogP contribution in [0, 0.1) is 62.3 Å². The maximum absolute atomic E-state index is 4.02. The summed E-state index contributed by atoms with van der Waals surface area (Å²) >= 11 is 0. The van der Waals surface area contributed by atoms with Crippen LogP contribution in [0.5, 0.6) is 0 Å². The lowest BCUT2D eigenvalue weighted by Gasteiger charge is -1.88. The van der Waals surface area contributed by atoms with Crippen molar-refractivity contribution in [3.05, 3.63) is 228 Å². The molecule has 298 valence electrons. The Hall–Kier alpha value is -6.54. The lowest BCUT2D eigenvalue weighted by atomic mass is 10.2. The highest BCUT2D eigenvalue weighted by Gasteiger charge is 1.83. The van der Waals surface area contributed by atoms with Gasteiger partial charge in [-0.15, -0.1) is 0 Å². The van der Waals surface area contributed by atoms with Crippen LogP contribution in [0.15, 0.2) is 177 Å². The van der Waals surface area contributed by atoms with Crippen LogP contribution in [0.2, 0.25) is 0 Å². The van der Waals surface area contributed by atoms with Gasteiger partial charge in [0.2, 0.25) is 0 Å². The average molecular weight is 763 g/mol. The SMILES string of the molecule is Cc1ccccc1.Cc1ccccc1.Cc1ccccn1.Cc1ccn(C)c1.Cc1ccn(C)c1.Cc1ccncc1.Cc1cnc(C)cn1.Cc1cnccn1. The Bertz CT molecular complexity index is 1750. The van der Waals surface area contributed by atoms with E-state index < -0.39 is 0 Å². The number of pyridine rings is 2. The number of rotatable bonds is 0. The highest BCUT2D eigenvalue weighted by molar-refractivity contribution is 5.13. The summed E-state index contributed by atoms with van der Waals surface area (Å²) in [4.78, 5) is 23.6. The summed E-state index contributed by atoms with van der Waals surface area (Å²) in [5.74, 6) is 0. The molecule has 0 radical (unpaired) electrons. The minimum Gasteiger partial charge on any atom is -0.357 e. The Labute approximate surface area is 342 Å². The Morgan fingerprint density at radius 2 is 0.737 bits per heavy atom. The van der Waals surface area contributed by atoms with Crippen molar-refractivity contribution in [3.63, 3.8) is 0 Å². The molecule has 0 saturated heterocycles. The van der Waals surface area contributed by atoms with Crippen LogP contribution in [0.1, 0.15) is 50.6 Å². The van der Waals surface area contributed by atoms with E-state index in [-0.39, 0.29) is 0 Å². The van der Waals surface area contributed by atoms with Crippen LogP contribution in [0.4, 0.5) is 0 Å². The van der Waals surface area contributed by atoms with Crippen molar-refractivity contribution < 1.29 is 0 Å². The molecule has 6 aromatic heterocycles. The van der Waals surface area contributed by atoms with Gasteiger partial charge in [-0.3, -0.25) is 29.9 Å². The molecule has 0 N–H and O–H groups in total. The second-order valence-electron chi connectivity index (χ2n) is 13.2. The highest BCUT2D eigenvalue weighted by atomic mass is 14.9. The zero-order valence-corrected chi connectivity index (χ0v) is 35.8. The van der Waals surface area contributed by atoms with Crippen molar-refractivity contribution in [2.45, 2.75) is 62.3 Å². The standard InChI is InChI=1S/2C7H8.C6H8N2.2C6H9N.2C6H7N.C5H6N2/c2*1-7-5-3-2-4-6-7;1-5-3-8-6(2)4-7-5;2*1-6-3-4-7(2)5-6;1-6-2-4-7-5-3-6;1-6-4-2-3-5-7-6;1-5-4-6-2-3-7-5/h2*2-6H,1H3;3-4H,1-2H3;2*3-5H,1-2H3;2*2-5H,1H3;2-4H,1H3. The minimum atomic E-state index is 0.961. The normalized spacial score (nSPS) is 8.96. The van der Waals surface area contributed by atoms with E-state index in [0.717, 1.165) is 22.8 Å². The first-order valence-electron chi connectivity index (χ1n) is 18.8. The molecule has 8 nitrogen and oxygen atoms in total. The molecule has 0 atom stereocenters. The minimum absolute atomic E-state index is 0.961. The number of aryl methyl sites for hydroxylation is 11. The van der Waals surface area contributed by atoms with Gasteiger partial charge in [0.25, 0.3) is 0 Å². The highest BCUT2D eigenvalue weighted by Crippen LogP contribution is 1.95. The molecule has 0 aliphatic carbocycles. The largest absolute Gasteiger partial charge is 0.357 e. The van der Waals surface area contributed by atoms with Gasteiger partial charge in [-0.1, -0.05) is 77.9 Å². The van der Waals surface area contributed by atoms with Gasteiger partial charge in [-0.05, 0) is 115 Å². The van der Waals surface area contributed by atoms with E-state index in [1.807, 2.05) is 137 Å². The Balaban J connectivity index is 0.000000326. The Morgan fingerprint density at radius 1 is 0.316 bits per heavy atom. The number of aromatic nitrogens is 8. The molecule has 0 aliphatic rings. The fourth-order valence-corrected chi connectivity index (χ4v) is 4.06. The zero-order valence-electron chi connectivity index (χ0n) is 35.8. The van der Waals surface area contributed by atoms with E-state index in [0.29, 0.717) is 0 Å². The van der Waals surface area contributed by atoms with Crippen molar-refractivity contribution in [1.29, 1.82) is 0 Å². The maximum Gasteiger partial charge on any atom is 0.0555 e. The van der Waals surface area contributed by atoms with Crippen LogP contribution in [-0.2, 0) is 14.1 Å². The van der Waals surface area contributed by atoms with Crippen LogP contribution < -0.4 is 0 Å². The first-order chi connectivity index (χ1) is 27.3. The van der Waals surface area contributed by atoms with E-state index in [2.05, 4.69) is 106 Å². The first kappa shape index (κ1) is 48.5. The molecule has 57 heavy (non-hydrogen) atoms. The van der Waals surface area contributed by atoms with Gasteiger partial charge in [0.15, 0.2) is 0 Å². The number of hydrogen-bond acceptors (Lipinski definition) is 6. The molecule has 6 heterocycles. The van der Waals surface area contributed by atoms with Crippen molar-refractivity contribution >= 4 is 0 Å². The van der Waals surface area contributed by atoms with Gasteiger partial charge in [-0.2, -0.15) is 0 Å². The van der Waals surface area contributed by atoms with Gasteiger partial charge >= 0.3 is 0 Å². The lowest BCUT2D eigenvalue weighted by Crippen LogP contribution is -1.84. The maximum atomic E-state index is 4.02. The van der Waals surface area contributed by atoms with E-state index in [1.54, 1.807) is 49.6 Å². The molecule has 0 aliphatic heterocycles. The Kier molecular flexibility index (Phi) is 26.2. The molecule has 0 spiro atoms. The van der Waals surface area contributed by atoms with Crippen molar-refractivity contribution in [3.8, 4) is 0 Å². The average Bonchev–Trinajstić information content (AvgIpc) is 3.80. The topological polar surface area (TPSA) is 87.2 Å². The molecule has 0 bridgehead atoms. The first-order valence-corrected chi connectivity index (χ1v) is 18.8. The summed E-state index contributed by atoms with van der Waals surface area (Å²) in [7, 11) is 4.04. The van der Waals surface area contributed by atoms with Crippen molar-refractivity contribution in [1.82, 2.24) is 39.0 Å². The summed E-state index contributed by atoms with van der Waals surface area (Å²) < 4.78 is 4.07. The van der Waals surface area contributed by atoms with Crippen LogP contribution in [0.3, 0.4) is 0 Å². The summed E-state index contributed by atoms with van der Waals surface area (Å²) in [6, 6.07) is 34.5. The van der Waals surface area contributed by atoms with E-state index >= 15 is 0 Å². The molecule has 0 amide bonds. The molecule has 0 unspecified atom stereocenters. The third-order valence-corrected chi connectivity index (χ3v) is 7.10. The molecule has 8 heteroatoms. The Morgan fingerprint density at radius 3 is 0.930 bits per heavy atom. The monoisotopic (exact) mass is 763 g/mol. The van der Waals surface area contributed by atoms with Gasteiger partial charge in [0, 0.05) is 94.2 Å². The van der Waals surface area contributed by atoms with Crippen molar-refractivity contribution in [2.75, 3.05) is 0 Å². The fourth-order valence-electron chi connectivity index (χ4n) is 4.06. The second-order valence-corrected chi connectivity index (χ2v) is 13.2. The molecule has 0 saturated carbocycles. The summed E-state index contributed by atoms with van der Waals surface area (Å²) in [5.41, 5.74) is 10.5. The summed E-state index contributed by atoms with van der Waals surface area (Å²) in [6.07, 6.45) is 22.2. The van der Waals surface area contributed by atoms with Gasteiger partial charge < -0.3 is 9.13 Å². The second kappa shape index (κ2) is 30.7. The van der Waals surface area contributed by atoms with E-state index in [9.17, 15) is 0 Å². The van der Waals surface area contributed by atoms with E-state index in [4.69, 9.17) is 0 Å².